The van der Waals surface area contributed by atoms with Gasteiger partial charge in [-0.15, -0.1) is 0 Å². The smallest absolute Gasteiger partial charge is 0.0991 e. The molecule has 0 aliphatic rings. The van der Waals surface area contributed by atoms with Gasteiger partial charge in [-0.3, -0.25) is 0 Å². The lowest BCUT2D eigenvalue weighted by Gasteiger charge is -2.20. The van der Waals surface area contributed by atoms with Crippen LogP contribution in [0.4, 0.5) is 0 Å². The second-order valence-corrected chi connectivity index (χ2v) is 4.39. The Morgan fingerprint density at radius 2 is 1.94 bits per heavy atom. The molecule has 0 heterocycles. The number of hydrogen-bond donors (Lipinski definition) is 2. The zero-order valence-electron chi connectivity index (χ0n) is 10.5. The molecule has 2 unspecified atom stereocenters. The van der Waals surface area contributed by atoms with Gasteiger partial charge >= 0.3 is 0 Å². The summed E-state index contributed by atoms with van der Waals surface area (Å²) in [7, 11) is 0. The van der Waals surface area contributed by atoms with Gasteiger partial charge in [0.25, 0.3) is 0 Å². The average Bonchev–Trinajstić information content (AvgIpc) is 2.36. The third-order valence-electron chi connectivity index (χ3n) is 2.87. The van der Waals surface area contributed by atoms with Crippen molar-refractivity contribution in [3.8, 4) is 6.07 Å². The normalized spacial score (nSPS) is 14.0. The molecule has 0 bridgehead atoms. The lowest BCUT2D eigenvalue weighted by molar-refractivity contribution is 0.274. The Morgan fingerprint density at radius 1 is 1.29 bits per heavy atom. The van der Waals surface area contributed by atoms with Crippen LogP contribution in [0.15, 0.2) is 24.3 Å². The number of nitrogens with zero attached hydrogens (tertiary/aromatic N) is 1. The highest BCUT2D eigenvalue weighted by Crippen LogP contribution is 2.14. The molecule has 1 aromatic rings. The van der Waals surface area contributed by atoms with Gasteiger partial charge in [-0.1, -0.05) is 12.1 Å². The van der Waals surface area contributed by atoms with Gasteiger partial charge in [0.2, 0.25) is 0 Å². The molecule has 2 atom stereocenters. The van der Waals surface area contributed by atoms with E-state index in [9.17, 15) is 0 Å². The Balaban J connectivity index is 2.51. The third-order valence-corrected chi connectivity index (χ3v) is 2.87. The molecule has 92 valence electrons. The van der Waals surface area contributed by atoms with Crippen LogP contribution in [-0.4, -0.2) is 17.8 Å². The molecule has 0 aliphatic carbocycles. The summed E-state index contributed by atoms with van der Waals surface area (Å²) in [5, 5.41) is 21.0. The molecule has 0 aliphatic heterocycles. The minimum atomic E-state index is 0.247. The number of nitriles is 1. The molecule has 1 rings (SSSR count). The summed E-state index contributed by atoms with van der Waals surface area (Å²) in [6, 6.07) is 10.4. The Labute approximate surface area is 103 Å². The summed E-state index contributed by atoms with van der Waals surface area (Å²) >= 11 is 0. The van der Waals surface area contributed by atoms with E-state index in [1.54, 1.807) is 0 Å². The lowest BCUT2D eigenvalue weighted by Crippen LogP contribution is -2.29. The zero-order chi connectivity index (χ0) is 12.7. The molecule has 0 radical (unpaired) electrons. The predicted molar refractivity (Wildman–Crippen MR) is 68.5 cm³/mol. The Morgan fingerprint density at radius 3 is 2.47 bits per heavy atom. The second-order valence-electron chi connectivity index (χ2n) is 4.39. The number of aliphatic hydroxyl groups is 1. The van der Waals surface area contributed by atoms with Crippen LogP contribution in [-0.2, 0) is 0 Å². The fraction of sp³-hybridized carbons (Fsp3) is 0.500. The summed E-state index contributed by atoms with van der Waals surface area (Å²) in [5.41, 5.74) is 1.87. The highest BCUT2D eigenvalue weighted by molar-refractivity contribution is 5.32. The summed E-state index contributed by atoms with van der Waals surface area (Å²) in [6.07, 6.45) is 1.80. The molecule has 0 saturated heterocycles. The molecule has 1 aromatic carbocycles. The van der Waals surface area contributed by atoms with E-state index in [1.165, 1.54) is 5.56 Å². The van der Waals surface area contributed by atoms with Gasteiger partial charge < -0.3 is 10.4 Å². The quantitative estimate of drug-likeness (QED) is 0.791. The highest BCUT2D eigenvalue weighted by Gasteiger charge is 2.08. The molecule has 2 N–H and O–H groups in total. The molecule has 3 heteroatoms. The highest BCUT2D eigenvalue weighted by atomic mass is 16.2. The molecular formula is C14H20N2O. The fourth-order valence-corrected chi connectivity index (χ4v) is 1.85. The molecule has 0 aromatic heterocycles. The predicted octanol–water partition coefficient (Wildman–Crippen LogP) is 2.37. The minimum Gasteiger partial charge on any atom is -0.396 e. The Hall–Kier alpha value is -1.37. The molecule has 0 spiro atoms. The van der Waals surface area contributed by atoms with Crippen LogP contribution in [0.2, 0.25) is 0 Å². The van der Waals surface area contributed by atoms with Crippen molar-refractivity contribution in [1.82, 2.24) is 5.32 Å². The fourth-order valence-electron chi connectivity index (χ4n) is 1.85. The van der Waals surface area contributed by atoms with Crippen LogP contribution < -0.4 is 5.32 Å². The second kappa shape index (κ2) is 7.05. The lowest BCUT2D eigenvalue weighted by atomic mass is 10.0. The Kier molecular flexibility index (Phi) is 5.68. The number of benzene rings is 1. The van der Waals surface area contributed by atoms with E-state index in [-0.39, 0.29) is 12.6 Å². The van der Waals surface area contributed by atoms with Crippen molar-refractivity contribution in [2.24, 2.45) is 0 Å². The maximum Gasteiger partial charge on any atom is 0.0991 e. The van der Waals surface area contributed by atoms with Crippen LogP contribution >= 0.6 is 0 Å². The first-order chi connectivity index (χ1) is 8.17. The largest absolute Gasteiger partial charge is 0.396 e. The van der Waals surface area contributed by atoms with Gasteiger partial charge in [-0.25, -0.2) is 0 Å². The van der Waals surface area contributed by atoms with E-state index in [0.29, 0.717) is 11.6 Å². The monoisotopic (exact) mass is 232 g/mol. The summed E-state index contributed by atoms with van der Waals surface area (Å²) in [4.78, 5) is 0. The number of aliphatic hydroxyl groups excluding tert-OH is 1. The van der Waals surface area contributed by atoms with Crippen molar-refractivity contribution in [1.29, 1.82) is 5.26 Å². The van der Waals surface area contributed by atoms with Crippen molar-refractivity contribution >= 4 is 0 Å². The zero-order valence-corrected chi connectivity index (χ0v) is 10.5. The molecule has 0 saturated carbocycles. The number of hydrogen-bond acceptors (Lipinski definition) is 3. The van der Waals surface area contributed by atoms with E-state index < -0.39 is 0 Å². The SMILES string of the molecule is CC(CCCO)NC(C)c1ccc(C#N)cc1. The van der Waals surface area contributed by atoms with E-state index in [4.69, 9.17) is 10.4 Å². The van der Waals surface area contributed by atoms with Crippen molar-refractivity contribution in [3.63, 3.8) is 0 Å². The van der Waals surface area contributed by atoms with E-state index >= 15 is 0 Å². The standard InChI is InChI=1S/C14H20N2O/c1-11(4-3-9-17)16-12(2)14-7-5-13(10-15)6-8-14/h5-8,11-12,16-17H,3-4,9H2,1-2H3. The average molecular weight is 232 g/mol. The first-order valence-electron chi connectivity index (χ1n) is 6.04. The van der Waals surface area contributed by atoms with Gasteiger partial charge in [-0.05, 0) is 44.4 Å². The van der Waals surface area contributed by atoms with E-state index in [1.807, 2.05) is 24.3 Å². The van der Waals surface area contributed by atoms with Crippen molar-refractivity contribution in [3.05, 3.63) is 35.4 Å². The maximum atomic E-state index is 8.77. The summed E-state index contributed by atoms with van der Waals surface area (Å²) < 4.78 is 0. The maximum absolute atomic E-state index is 8.77. The molecular weight excluding hydrogens is 212 g/mol. The van der Waals surface area contributed by atoms with Gasteiger partial charge in [-0.2, -0.15) is 5.26 Å². The first-order valence-corrected chi connectivity index (χ1v) is 6.04. The van der Waals surface area contributed by atoms with Crippen LogP contribution in [0.5, 0.6) is 0 Å². The summed E-state index contributed by atoms with van der Waals surface area (Å²) in [6.45, 7) is 4.48. The summed E-state index contributed by atoms with van der Waals surface area (Å²) in [5.74, 6) is 0. The van der Waals surface area contributed by atoms with Gasteiger partial charge in [0.1, 0.15) is 0 Å². The van der Waals surface area contributed by atoms with Crippen molar-refractivity contribution < 1.29 is 5.11 Å². The van der Waals surface area contributed by atoms with Gasteiger partial charge in [0.05, 0.1) is 11.6 Å². The van der Waals surface area contributed by atoms with E-state index in [2.05, 4.69) is 25.2 Å². The first kappa shape index (κ1) is 13.7. The molecule has 0 amide bonds. The third kappa shape index (κ3) is 4.56. The van der Waals surface area contributed by atoms with E-state index in [0.717, 1.165) is 12.8 Å². The van der Waals surface area contributed by atoms with Crippen LogP contribution in [0.25, 0.3) is 0 Å². The van der Waals surface area contributed by atoms with Gasteiger partial charge in [0, 0.05) is 18.7 Å². The van der Waals surface area contributed by atoms with Crippen LogP contribution in [0.1, 0.15) is 43.9 Å². The van der Waals surface area contributed by atoms with Crippen molar-refractivity contribution in [2.75, 3.05) is 6.61 Å². The number of rotatable bonds is 6. The topological polar surface area (TPSA) is 56.0 Å². The van der Waals surface area contributed by atoms with Crippen LogP contribution in [0, 0.1) is 11.3 Å². The Bertz CT molecular complexity index is 367. The van der Waals surface area contributed by atoms with Crippen molar-refractivity contribution in [2.45, 2.75) is 38.8 Å². The molecule has 3 nitrogen and oxygen atoms in total. The molecule has 0 fully saturated rings. The molecule has 17 heavy (non-hydrogen) atoms. The number of nitrogens with one attached hydrogen (secondary N) is 1. The van der Waals surface area contributed by atoms with Crippen LogP contribution in [0.3, 0.4) is 0 Å². The minimum absolute atomic E-state index is 0.247. The van der Waals surface area contributed by atoms with Gasteiger partial charge in [0.15, 0.2) is 0 Å².